The normalized spacial score (nSPS) is 23.8. The quantitative estimate of drug-likeness (QED) is 0.814. The summed E-state index contributed by atoms with van der Waals surface area (Å²) in [4.78, 5) is 11.9. The topological polar surface area (TPSA) is 29.1 Å². The lowest BCUT2D eigenvalue weighted by molar-refractivity contribution is -0.122. The van der Waals surface area contributed by atoms with Crippen LogP contribution in [0, 0.1) is 11.8 Å². The number of carbonyl (C=O) groups excluding carboxylic acids is 1. The predicted octanol–water partition coefficient (Wildman–Crippen LogP) is 3.17. The maximum Gasteiger partial charge on any atom is 0.223 e. The molecule has 0 heterocycles. The molecule has 1 amide bonds. The number of hydrogen-bond donors (Lipinski definition) is 1. The summed E-state index contributed by atoms with van der Waals surface area (Å²) in [6.45, 7) is 4.69. The molecule has 2 rings (SSSR count). The van der Waals surface area contributed by atoms with E-state index in [2.05, 4.69) is 31.3 Å². The lowest BCUT2D eigenvalue weighted by Crippen LogP contribution is -2.33. The van der Waals surface area contributed by atoms with E-state index in [9.17, 15) is 4.79 Å². The molecule has 0 aliphatic heterocycles. The molecular weight excluding hydrogens is 246 g/mol. The van der Waals surface area contributed by atoms with Gasteiger partial charge >= 0.3 is 0 Å². The zero-order valence-corrected chi connectivity index (χ0v) is 11.7. The summed E-state index contributed by atoms with van der Waals surface area (Å²) >= 11 is 6.12. The van der Waals surface area contributed by atoms with Gasteiger partial charge < -0.3 is 5.32 Å². The maximum absolute atomic E-state index is 11.9. The summed E-state index contributed by atoms with van der Waals surface area (Å²) in [6, 6.07) is 10.2. The van der Waals surface area contributed by atoms with Crippen LogP contribution in [0.2, 0.25) is 0 Å². The number of rotatable bonds is 5. The lowest BCUT2D eigenvalue weighted by Gasteiger charge is -2.14. The number of carbonyl (C=O) groups is 1. The van der Waals surface area contributed by atoms with Crippen LogP contribution in [0.5, 0.6) is 0 Å². The first kappa shape index (κ1) is 13.4. The van der Waals surface area contributed by atoms with E-state index in [0.29, 0.717) is 18.4 Å². The SMILES string of the molecule is CC(C)C(Cl)CNC(=O)C1CC1c1ccccc1. The summed E-state index contributed by atoms with van der Waals surface area (Å²) in [5, 5.41) is 2.97. The zero-order chi connectivity index (χ0) is 13.1. The molecule has 1 aliphatic rings. The summed E-state index contributed by atoms with van der Waals surface area (Å²) < 4.78 is 0. The standard InChI is InChI=1S/C15H20ClNO/c1-10(2)14(16)9-17-15(18)13-8-12(13)11-6-4-3-5-7-11/h3-7,10,12-14H,8-9H2,1-2H3,(H,17,18). The molecule has 3 heteroatoms. The van der Waals surface area contributed by atoms with Crippen molar-refractivity contribution in [2.24, 2.45) is 11.8 Å². The molecule has 18 heavy (non-hydrogen) atoms. The fraction of sp³-hybridized carbons (Fsp3) is 0.533. The van der Waals surface area contributed by atoms with E-state index in [1.807, 2.05) is 18.2 Å². The summed E-state index contributed by atoms with van der Waals surface area (Å²) in [5.41, 5.74) is 1.27. The summed E-state index contributed by atoms with van der Waals surface area (Å²) in [6.07, 6.45) is 0.963. The highest BCUT2D eigenvalue weighted by Gasteiger charge is 2.43. The van der Waals surface area contributed by atoms with Crippen molar-refractivity contribution in [2.75, 3.05) is 6.54 Å². The molecule has 1 aromatic rings. The second kappa shape index (κ2) is 5.75. The van der Waals surface area contributed by atoms with Crippen LogP contribution in [0.3, 0.4) is 0 Å². The number of benzene rings is 1. The average Bonchev–Trinajstić information content (AvgIpc) is 3.16. The first-order chi connectivity index (χ1) is 8.59. The fourth-order valence-electron chi connectivity index (χ4n) is 2.12. The van der Waals surface area contributed by atoms with Crippen LogP contribution in [0.25, 0.3) is 0 Å². The Bertz CT molecular complexity index is 404. The number of halogens is 1. The third kappa shape index (κ3) is 3.26. The molecule has 0 aromatic heterocycles. The Morgan fingerprint density at radius 3 is 2.67 bits per heavy atom. The highest BCUT2D eigenvalue weighted by atomic mass is 35.5. The van der Waals surface area contributed by atoms with Crippen molar-refractivity contribution < 1.29 is 4.79 Å². The van der Waals surface area contributed by atoms with Crippen LogP contribution in [0.1, 0.15) is 31.7 Å². The smallest absolute Gasteiger partial charge is 0.223 e. The minimum absolute atomic E-state index is 0.0166. The van der Waals surface area contributed by atoms with Gasteiger partial charge in [-0.2, -0.15) is 0 Å². The van der Waals surface area contributed by atoms with E-state index in [0.717, 1.165) is 6.42 Å². The van der Waals surface area contributed by atoms with Gasteiger partial charge in [0, 0.05) is 12.5 Å². The number of alkyl halides is 1. The highest BCUT2D eigenvalue weighted by molar-refractivity contribution is 6.21. The van der Waals surface area contributed by atoms with Crippen LogP contribution in [-0.2, 0) is 4.79 Å². The Kier molecular flexibility index (Phi) is 4.28. The molecular formula is C15H20ClNO. The van der Waals surface area contributed by atoms with Crippen molar-refractivity contribution in [3.8, 4) is 0 Å². The van der Waals surface area contributed by atoms with Crippen LogP contribution < -0.4 is 5.32 Å². The molecule has 0 radical (unpaired) electrons. The molecule has 3 unspecified atom stereocenters. The molecule has 2 nitrogen and oxygen atoms in total. The van der Waals surface area contributed by atoms with E-state index in [4.69, 9.17) is 11.6 Å². The van der Waals surface area contributed by atoms with Crippen molar-refractivity contribution in [1.29, 1.82) is 0 Å². The minimum atomic E-state index is 0.0166. The molecule has 0 bridgehead atoms. The Labute approximate surface area is 114 Å². The van der Waals surface area contributed by atoms with Gasteiger partial charge in [-0.25, -0.2) is 0 Å². The molecule has 0 spiro atoms. The third-order valence-corrected chi connectivity index (χ3v) is 4.21. The van der Waals surface area contributed by atoms with E-state index in [1.165, 1.54) is 5.56 Å². The molecule has 3 atom stereocenters. The summed E-state index contributed by atoms with van der Waals surface area (Å²) in [5.74, 6) is 1.08. The predicted molar refractivity (Wildman–Crippen MR) is 74.8 cm³/mol. The van der Waals surface area contributed by atoms with Gasteiger partial charge in [0.2, 0.25) is 5.91 Å². The average molecular weight is 266 g/mol. The first-order valence-corrected chi connectivity index (χ1v) is 7.00. The fourth-order valence-corrected chi connectivity index (χ4v) is 2.20. The molecule has 1 saturated carbocycles. The minimum Gasteiger partial charge on any atom is -0.354 e. The lowest BCUT2D eigenvalue weighted by atomic mass is 10.1. The van der Waals surface area contributed by atoms with E-state index >= 15 is 0 Å². The van der Waals surface area contributed by atoms with E-state index in [-0.39, 0.29) is 17.2 Å². The van der Waals surface area contributed by atoms with E-state index < -0.39 is 0 Å². The van der Waals surface area contributed by atoms with Crippen LogP contribution >= 0.6 is 11.6 Å². The molecule has 98 valence electrons. The highest BCUT2D eigenvalue weighted by Crippen LogP contribution is 2.47. The van der Waals surface area contributed by atoms with Gasteiger partial charge in [0.05, 0.1) is 5.38 Å². The van der Waals surface area contributed by atoms with Gasteiger partial charge in [-0.1, -0.05) is 44.2 Å². The largest absolute Gasteiger partial charge is 0.354 e. The van der Waals surface area contributed by atoms with Crippen molar-refractivity contribution in [3.05, 3.63) is 35.9 Å². The molecule has 1 aromatic carbocycles. The Hall–Kier alpha value is -1.02. The van der Waals surface area contributed by atoms with Crippen molar-refractivity contribution >= 4 is 17.5 Å². The van der Waals surface area contributed by atoms with Crippen LogP contribution in [0.15, 0.2) is 30.3 Å². The second-order valence-corrected chi connectivity index (χ2v) is 5.93. The first-order valence-electron chi connectivity index (χ1n) is 6.56. The van der Waals surface area contributed by atoms with Gasteiger partial charge in [-0.15, -0.1) is 11.6 Å². The zero-order valence-electron chi connectivity index (χ0n) is 10.9. The number of hydrogen-bond acceptors (Lipinski definition) is 1. The van der Waals surface area contributed by atoms with Crippen molar-refractivity contribution in [1.82, 2.24) is 5.32 Å². The van der Waals surface area contributed by atoms with Crippen LogP contribution in [-0.4, -0.2) is 17.8 Å². The van der Waals surface area contributed by atoms with Gasteiger partial charge in [-0.3, -0.25) is 4.79 Å². The van der Waals surface area contributed by atoms with Gasteiger partial charge in [0.25, 0.3) is 0 Å². The number of amides is 1. The van der Waals surface area contributed by atoms with Crippen LogP contribution in [0.4, 0.5) is 0 Å². The monoisotopic (exact) mass is 265 g/mol. The number of nitrogens with one attached hydrogen (secondary N) is 1. The molecule has 1 N–H and O–H groups in total. The van der Waals surface area contributed by atoms with Crippen molar-refractivity contribution in [3.63, 3.8) is 0 Å². The van der Waals surface area contributed by atoms with Crippen molar-refractivity contribution in [2.45, 2.75) is 31.6 Å². The Morgan fingerprint density at radius 2 is 2.06 bits per heavy atom. The Balaban J connectivity index is 1.80. The molecule has 0 saturated heterocycles. The third-order valence-electron chi connectivity index (χ3n) is 3.55. The molecule has 1 aliphatic carbocycles. The Morgan fingerprint density at radius 1 is 1.39 bits per heavy atom. The van der Waals surface area contributed by atoms with Gasteiger partial charge in [-0.05, 0) is 23.8 Å². The van der Waals surface area contributed by atoms with Gasteiger partial charge in [0.15, 0.2) is 0 Å². The van der Waals surface area contributed by atoms with E-state index in [1.54, 1.807) is 0 Å². The maximum atomic E-state index is 11.9. The second-order valence-electron chi connectivity index (χ2n) is 5.36. The van der Waals surface area contributed by atoms with Gasteiger partial charge in [0.1, 0.15) is 0 Å². The summed E-state index contributed by atoms with van der Waals surface area (Å²) in [7, 11) is 0. The molecule has 1 fully saturated rings.